The fraction of sp³-hybridized carbons (Fsp3) is 0.400. The SMILES string of the molecule is CC(C)=C[C](Cl)Cl.[InH3]. The molecule has 0 amide bonds. The number of halogens is 2. The molecule has 0 aromatic rings. The molecule has 0 fully saturated rings. The van der Waals surface area contributed by atoms with Gasteiger partial charge in [0.05, 0.1) is 0 Å². The first kappa shape index (κ1) is 11.9. The second-order valence-corrected chi connectivity index (χ2v) is 2.52. The van der Waals surface area contributed by atoms with Crippen LogP contribution in [0.25, 0.3) is 0 Å². The van der Waals surface area contributed by atoms with Gasteiger partial charge < -0.3 is 0 Å². The third kappa shape index (κ3) is 10.2. The van der Waals surface area contributed by atoms with Crippen molar-refractivity contribution in [2.75, 3.05) is 0 Å². The molecule has 3 heteroatoms. The third-order valence-corrected chi connectivity index (χ3v) is 0.616. The first-order chi connectivity index (χ1) is 3.13. The molecule has 8 heavy (non-hydrogen) atoms. The van der Waals surface area contributed by atoms with Crippen LogP contribution >= 0.6 is 23.2 Å². The molecule has 0 aromatic heterocycles. The van der Waals surface area contributed by atoms with Crippen LogP contribution in [0.1, 0.15) is 13.8 Å². The van der Waals surface area contributed by atoms with Crippen molar-refractivity contribution in [1.82, 2.24) is 0 Å². The summed E-state index contributed by atoms with van der Waals surface area (Å²) in [5.41, 5.74) is 1.11. The van der Waals surface area contributed by atoms with Gasteiger partial charge in [0.1, 0.15) is 0 Å². The molecule has 1 radical (unpaired) electrons. The van der Waals surface area contributed by atoms with Crippen molar-refractivity contribution in [3.8, 4) is 0 Å². The second kappa shape index (κ2) is 6.31. The van der Waals surface area contributed by atoms with Gasteiger partial charge in [-0.15, -0.1) is 0 Å². The summed E-state index contributed by atoms with van der Waals surface area (Å²) in [6.45, 7) is 3.87. The van der Waals surface area contributed by atoms with Crippen LogP contribution in [-0.2, 0) is 0 Å². The fourth-order valence-electron chi connectivity index (χ4n) is 0.218. The quantitative estimate of drug-likeness (QED) is 0.670. The van der Waals surface area contributed by atoms with E-state index >= 15 is 0 Å². The maximum atomic E-state index is 5.28. The number of hydrogen-bond donors (Lipinski definition) is 0. The van der Waals surface area contributed by atoms with Gasteiger partial charge in [-0.3, -0.25) is 0 Å². The first-order valence-corrected chi connectivity index (χ1v) is 2.71. The van der Waals surface area contributed by atoms with E-state index in [4.69, 9.17) is 23.2 Å². The predicted octanol–water partition coefficient (Wildman–Crippen LogP) is 1.74. The van der Waals surface area contributed by atoms with Crippen LogP contribution in [0.4, 0.5) is 0 Å². The van der Waals surface area contributed by atoms with Crippen LogP contribution in [0.15, 0.2) is 11.6 Å². The molecule has 0 atom stereocenters. The minimum absolute atomic E-state index is 0. The van der Waals surface area contributed by atoms with Crippen LogP contribution in [0.5, 0.6) is 0 Å². The summed E-state index contributed by atoms with van der Waals surface area (Å²) >= 11 is 10.6. The van der Waals surface area contributed by atoms with Crippen molar-refractivity contribution in [3.05, 3.63) is 16.5 Å². The van der Waals surface area contributed by atoms with Crippen molar-refractivity contribution < 1.29 is 0 Å². The molecule has 0 saturated heterocycles. The molecule has 0 N–H and O–H groups in total. The summed E-state index contributed by atoms with van der Waals surface area (Å²) in [6, 6.07) is 0. The van der Waals surface area contributed by atoms with Crippen molar-refractivity contribution in [3.63, 3.8) is 0 Å². The monoisotopic (exact) mass is 255 g/mol. The van der Waals surface area contributed by atoms with E-state index in [1.807, 2.05) is 13.8 Å². The normalized spacial score (nSPS) is 8.12. The van der Waals surface area contributed by atoms with Gasteiger partial charge in [0.2, 0.25) is 0 Å². The minimum atomic E-state index is 0. The Morgan fingerprint density at radius 1 is 1.25 bits per heavy atom. The number of allylic oxidation sites excluding steroid dienone is 2. The zero-order valence-electron chi connectivity index (χ0n) is 4.33. The van der Waals surface area contributed by atoms with Gasteiger partial charge in [-0.2, -0.15) is 0 Å². The Hall–Kier alpha value is 1.19. The Labute approximate surface area is 79.0 Å². The molecule has 47 valence electrons. The molecule has 0 rings (SSSR count). The summed E-state index contributed by atoms with van der Waals surface area (Å²) in [4.78, 5) is 0.319. The molecule has 0 spiro atoms. The Bertz CT molecular complexity index is 74.5. The van der Waals surface area contributed by atoms with E-state index in [1.54, 1.807) is 6.08 Å². The van der Waals surface area contributed by atoms with E-state index < -0.39 is 0 Å². The van der Waals surface area contributed by atoms with Crippen molar-refractivity contribution >= 4 is 49.0 Å². The average Bonchev–Trinajstić information content (AvgIpc) is 1.27. The third-order valence-electron chi connectivity index (χ3n) is 0.398. The molecule has 0 aliphatic rings. The van der Waals surface area contributed by atoms with Crippen molar-refractivity contribution in [2.24, 2.45) is 0 Å². The van der Waals surface area contributed by atoms with E-state index in [-0.39, 0.29) is 25.8 Å². The molecular formula is C5H10Cl2In. The van der Waals surface area contributed by atoms with E-state index in [0.717, 1.165) is 5.57 Å². The van der Waals surface area contributed by atoms with E-state index in [2.05, 4.69) is 0 Å². The van der Waals surface area contributed by atoms with Crippen LogP contribution in [0, 0.1) is 4.84 Å². The van der Waals surface area contributed by atoms with Gasteiger partial charge in [-0.1, -0.05) is 28.8 Å². The van der Waals surface area contributed by atoms with Crippen LogP contribution in [0.2, 0.25) is 0 Å². The molecule has 0 bridgehead atoms. The van der Waals surface area contributed by atoms with Crippen molar-refractivity contribution in [1.29, 1.82) is 0 Å². The van der Waals surface area contributed by atoms with Gasteiger partial charge in [0.15, 0.2) is 4.84 Å². The maximum absolute atomic E-state index is 5.28. The summed E-state index contributed by atoms with van der Waals surface area (Å²) in [5.74, 6) is 0. The Morgan fingerprint density at radius 3 is 1.62 bits per heavy atom. The fourth-order valence-corrected chi connectivity index (χ4v) is 0.655. The summed E-state index contributed by atoms with van der Waals surface area (Å²) in [7, 11) is 0. The Morgan fingerprint density at radius 2 is 1.62 bits per heavy atom. The zero-order valence-corrected chi connectivity index (χ0v) is 5.85. The summed E-state index contributed by atoms with van der Waals surface area (Å²) in [6.07, 6.45) is 1.70. The van der Waals surface area contributed by atoms with Crippen molar-refractivity contribution in [2.45, 2.75) is 13.8 Å². The van der Waals surface area contributed by atoms with Crippen LogP contribution in [-0.4, -0.2) is 25.8 Å². The molecule has 0 aliphatic carbocycles. The number of hydrogen-bond acceptors (Lipinski definition) is 0. The van der Waals surface area contributed by atoms with Crippen LogP contribution in [0.3, 0.4) is 0 Å². The van der Waals surface area contributed by atoms with E-state index in [1.165, 1.54) is 0 Å². The summed E-state index contributed by atoms with van der Waals surface area (Å²) < 4.78 is 0. The van der Waals surface area contributed by atoms with Gasteiger partial charge >= 0.3 is 25.8 Å². The van der Waals surface area contributed by atoms with Gasteiger partial charge in [0.25, 0.3) is 0 Å². The molecule has 0 aromatic carbocycles. The standard InChI is InChI=1S/C5H7Cl2.In.3H/c1-4(2)3-5(6)7;;;;/h3H,1-2H3;;;;. The van der Waals surface area contributed by atoms with Gasteiger partial charge in [-0.25, -0.2) is 0 Å². The molecule has 0 heterocycles. The molecule has 0 aliphatic heterocycles. The first-order valence-electron chi connectivity index (χ1n) is 1.96. The van der Waals surface area contributed by atoms with E-state index in [0.29, 0.717) is 4.84 Å². The summed E-state index contributed by atoms with van der Waals surface area (Å²) in [5, 5.41) is 0. The Balaban J connectivity index is 0. The predicted molar refractivity (Wildman–Crippen MR) is 44.3 cm³/mol. The topological polar surface area (TPSA) is 0 Å². The Kier molecular flexibility index (Phi) is 9.41. The van der Waals surface area contributed by atoms with E-state index in [9.17, 15) is 0 Å². The zero-order chi connectivity index (χ0) is 5.86. The molecular weight excluding hydrogens is 246 g/mol. The number of rotatable bonds is 1. The second-order valence-electron chi connectivity index (χ2n) is 1.51. The average molecular weight is 256 g/mol. The van der Waals surface area contributed by atoms with Gasteiger partial charge in [-0.05, 0) is 19.9 Å². The van der Waals surface area contributed by atoms with Crippen LogP contribution < -0.4 is 0 Å². The molecule has 0 nitrogen and oxygen atoms in total. The van der Waals surface area contributed by atoms with Gasteiger partial charge in [0, 0.05) is 0 Å². The molecule has 0 saturated carbocycles. The molecule has 0 unspecified atom stereocenters.